The average Bonchev–Trinajstić information content (AvgIpc) is 2.87. The Kier molecular flexibility index (Phi) is 3.50. The Labute approximate surface area is 106 Å². The van der Waals surface area contributed by atoms with E-state index in [2.05, 4.69) is 29.0 Å². The summed E-state index contributed by atoms with van der Waals surface area (Å²) in [6, 6.07) is 3.75. The second-order valence-electron chi connectivity index (χ2n) is 4.26. The molecule has 1 N–H and O–H groups in total. The lowest BCUT2D eigenvalue weighted by Gasteiger charge is -2.10. The molecule has 0 spiro atoms. The summed E-state index contributed by atoms with van der Waals surface area (Å²) < 4.78 is 10.4. The Balaban J connectivity index is 2.53. The minimum absolute atomic E-state index is 0.356. The molecule has 2 rings (SSSR count). The summed E-state index contributed by atoms with van der Waals surface area (Å²) in [4.78, 5) is 4.28. The predicted molar refractivity (Wildman–Crippen MR) is 69.0 cm³/mol. The van der Waals surface area contributed by atoms with E-state index in [9.17, 15) is 0 Å². The highest BCUT2D eigenvalue weighted by Crippen LogP contribution is 2.34. The number of aromatic amines is 1. The average molecular weight is 247 g/mol. The number of H-pyrrole nitrogens is 1. The molecule has 0 radical (unpaired) electrons. The standard InChI is InChI=1S/C13H17N3O2/c1-8(2)12-10(7-14-16-12)9-5-6-11(17-3)15-13(9)18-4/h5-8H,1-4H3,(H,14,16). The van der Waals surface area contributed by atoms with E-state index in [0.29, 0.717) is 17.7 Å². The maximum atomic E-state index is 5.31. The number of ether oxygens (including phenoxy) is 2. The van der Waals surface area contributed by atoms with Crippen LogP contribution in [0.2, 0.25) is 0 Å². The number of nitrogens with zero attached hydrogens (tertiary/aromatic N) is 2. The van der Waals surface area contributed by atoms with Crippen LogP contribution in [-0.2, 0) is 0 Å². The van der Waals surface area contributed by atoms with Crippen molar-refractivity contribution in [2.24, 2.45) is 0 Å². The van der Waals surface area contributed by atoms with Gasteiger partial charge in [0.25, 0.3) is 0 Å². The van der Waals surface area contributed by atoms with Crippen molar-refractivity contribution in [3.05, 3.63) is 24.0 Å². The molecule has 0 saturated heterocycles. The van der Waals surface area contributed by atoms with Crippen LogP contribution < -0.4 is 9.47 Å². The number of pyridine rings is 1. The molecule has 0 aliphatic rings. The molecule has 0 fully saturated rings. The molecule has 0 aromatic carbocycles. The molecule has 2 aromatic rings. The molecule has 18 heavy (non-hydrogen) atoms. The first-order valence-corrected chi connectivity index (χ1v) is 5.80. The van der Waals surface area contributed by atoms with Crippen molar-refractivity contribution in [3.63, 3.8) is 0 Å². The lowest BCUT2D eigenvalue weighted by Crippen LogP contribution is -1.97. The number of aromatic nitrogens is 3. The molecule has 0 aliphatic carbocycles. The van der Waals surface area contributed by atoms with Gasteiger partial charge in [0.05, 0.1) is 20.4 Å². The van der Waals surface area contributed by atoms with Crippen LogP contribution in [0.15, 0.2) is 18.3 Å². The van der Waals surface area contributed by atoms with E-state index in [1.54, 1.807) is 20.4 Å². The maximum Gasteiger partial charge on any atom is 0.224 e. The van der Waals surface area contributed by atoms with Gasteiger partial charge in [-0.3, -0.25) is 5.10 Å². The van der Waals surface area contributed by atoms with Crippen molar-refractivity contribution in [1.82, 2.24) is 15.2 Å². The summed E-state index contributed by atoms with van der Waals surface area (Å²) in [6.07, 6.45) is 1.79. The molecular formula is C13H17N3O2. The SMILES string of the molecule is COc1ccc(-c2cn[nH]c2C(C)C)c(OC)n1. The summed E-state index contributed by atoms with van der Waals surface area (Å²) in [5, 5.41) is 7.12. The first kappa shape index (κ1) is 12.4. The summed E-state index contributed by atoms with van der Waals surface area (Å²) >= 11 is 0. The smallest absolute Gasteiger partial charge is 0.224 e. The fraction of sp³-hybridized carbons (Fsp3) is 0.385. The minimum atomic E-state index is 0.356. The summed E-state index contributed by atoms with van der Waals surface area (Å²) in [6.45, 7) is 4.22. The monoisotopic (exact) mass is 247 g/mol. The largest absolute Gasteiger partial charge is 0.481 e. The highest BCUT2D eigenvalue weighted by molar-refractivity contribution is 5.71. The number of hydrogen-bond acceptors (Lipinski definition) is 4. The normalized spacial score (nSPS) is 10.7. The van der Waals surface area contributed by atoms with Gasteiger partial charge in [-0.15, -0.1) is 0 Å². The topological polar surface area (TPSA) is 60.0 Å². The van der Waals surface area contributed by atoms with Gasteiger partial charge in [0.15, 0.2) is 0 Å². The van der Waals surface area contributed by atoms with Crippen LogP contribution in [0.1, 0.15) is 25.5 Å². The van der Waals surface area contributed by atoms with E-state index < -0.39 is 0 Å². The van der Waals surface area contributed by atoms with Gasteiger partial charge < -0.3 is 9.47 Å². The molecule has 0 amide bonds. The van der Waals surface area contributed by atoms with Crippen molar-refractivity contribution in [1.29, 1.82) is 0 Å². The van der Waals surface area contributed by atoms with E-state index in [-0.39, 0.29) is 0 Å². The zero-order chi connectivity index (χ0) is 13.1. The van der Waals surface area contributed by atoms with Crippen molar-refractivity contribution < 1.29 is 9.47 Å². The van der Waals surface area contributed by atoms with E-state index in [4.69, 9.17) is 9.47 Å². The van der Waals surface area contributed by atoms with Gasteiger partial charge in [-0.1, -0.05) is 13.8 Å². The van der Waals surface area contributed by atoms with Gasteiger partial charge in [-0.05, 0) is 12.0 Å². The predicted octanol–water partition coefficient (Wildman–Crippen LogP) is 2.61. The summed E-state index contributed by atoms with van der Waals surface area (Å²) in [5.74, 6) is 1.43. The molecule has 0 unspecified atom stereocenters. The van der Waals surface area contributed by atoms with Gasteiger partial charge in [0.2, 0.25) is 11.8 Å². The Morgan fingerprint density at radius 2 is 1.89 bits per heavy atom. The molecule has 2 aromatic heterocycles. The highest BCUT2D eigenvalue weighted by Gasteiger charge is 2.16. The minimum Gasteiger partial charge on any atom is -0.481 e. The van der Waals surface area contributed by atoms with Crippen LogP contribution in [0, 0.1) is 0 Å². The summed E-state index contributed by atoms with van der Waals surface area (Å²) in [7, 11) is 3.18. The van der Waals surface area contributed by atoms with Crippen LogP contribution in [0.5, 0.6) is 11.8 Å². The lowest BCUT2D eigenvalue weighted by molar-refractivity contribution is 0.366. The molecule has 0 saturated carbocycles. The number of rotatable bonds is 4. The lowest BCUT2D eigenvalue weighted by atomic mass is 10.0. The molecular weight excluding hydrogens is 230 g/mol. The van der Waals surface area contributed by atoms with Crippen molar-refractivity contribution in [2.75, 3.05) is 14.2 Å². The molecule has 0 aliphatic heterocycles. The molecule has 5 nitrogen and oxygen atoms in total. The van der Waals surface area contributed by atoms with E-state index >= 15 is 0 Å². The second-order valence-corrected chi connectivity index (χ2v) is 4.26. The second kappa shape index (κ2) is 5.08. The van der Waals surface area contributed by atoms with Gasteiger partial charge in [0, 0.05) is 22.9 Å². The Morgan fingerprint density at radius 3 is 2.50 bits per heavy atom. The third-order valence-corrected chi connectivity index (χ3v) is 2.77. The highest BCUT2D eigenvalue weighted by atomic mass is 16.5. The number of methoxy groups -OCH3 is 2. The summed E-state index contributed by atoms with van der Waals surface area (Å²) in [5.41, 5.74) is 2.99. The third-order valence-electron chi connectivity index (χ3n) is 2.77. The van der Waals surface area contributed by atoms with E-state index in [1.807, 2.05) is 12.1 Å². The number of hydrogen-bond donors (Lipinski definition) is 1. The Bertz CT molecular complexity index is 535. The van der Waals surface area contributed by atoms with Crippen molar-refractivity contribution in [2.45, 2.75) is 19.8 Å². The zero-order valence-corrected chi connectivity index (χ0v) is 11.0. The fourth-order valence-corrected chi connectivity index (χ4v) is 1.85. The van der Waals surface area contributed by atoms with Crippen molar-refractivity contribution in [3.8, 4) is 22.9 Å². The third kappa shape index (κ3) is 2.16. The quantitative estimate of drug-likeness (QED) is 0.902. The molecule has 96 valence electrons. The van der Waals surface area contributed by atoms with Gasteiger partial charge in [0.1, 0.15) is 0 Å². The fourth-order valence-electron chi connectivity index (χ4n) is 1.85. The van der Waals surface area contributed by atoms with Crippen molar-refractivity contribution >= 4 is 0 Å². The zero-order valence-electron chi connectivity index (χ0n) is 11.0. The number of nitrogens with one attached hydrogen (secondary N) is 1. The van der Waals surface area contributed by atoms with E-state index in [0.717, 1.165) is 16.8 Å². The van der Waals surface area contributed by atoms with Crippen LogP contribution in [0.3, 0.4) is 0 Å². The van der Waals surface area contributed by atoms with Gasteiger partial charge in [-0.25, -0.2) is 0 Å². The van der Waals surface area contributed by atoms with Crippen LogP contribution in [0.25, 0.3) is 11.1 Å². The van der Waals surface area contributed by atoms with Crippen LogP contribution in [-0.4, -0.2) is 29.4 Å². The Morgan fingerprint density at radius 1 is 1.11 bits per heavy atom. The van der Waals surface area contributed by atoms with Crippen LogP contribution >= 0.6 is 0 Å². The Hall–Kier alpha value is -2.04. The van der Waals surface area contributed by atoms with Gasteiger partial charge >= 0.3 is 0 Å². The maximum absolute atomic E-state index is 5.31. The first-order chi connectivity index (χ1) is 8.67. The molecule has 0 atom stereocenters. The first-order valence-electron chi connectivity index (χ1n) is 5.80. The van der Waals surface area contributed by atoms with Gasteiger partial charge in [-0.2, -0.15) is 10.1 Å². The van der Waals surface area contributed by atoms with E-state index in [1.165, 1.54) is 0 Å². The molecule has 2 heterocycles. The molecule has 5 heteroatoms. The van der Waals surface area contributed by atoms with Crippen LogP contribution in [0.4, 0.5) is 0 Å². The molecule has 0 bridgehead atoms.